The third-order valence-corrected chi connectivity index (χ3v) is 13.3. The summed E-state index contributed by atoms with van der Waals surface area (Å²) in [6.07, 6.45) is -5.18. The molecule has 7 aromatic rings. The van der Waals surface area contributed by atoms with Gasteiger partial charge >= 0.3 is 6.18 Å². The SMILES string of the molecule is CC1(C)c2ccccc2N(c2c(F)c(N3c4ccccc4C(C)(C)c4ccccc43)c(C(F)(F)F)c(N3c4ccccc4C(C)(C)c4ccccc43)c2C#N)c2ccccc21. The fraction of sp³-hybridized carbons (Fsp3) is 0.189. The third-order valence-electron chi connectivity index (χ3n) is 13.3. The molecule has 3 aliphatic rings. The number of nitriles is 1. The van der Waals surface area contributed by atoms with Crippen molar-refractivity contribution in [3.63, 3.8) is 0 Å². The molecule has 7 aromatic carbocycles. The van der Waals surface area contributed by atoms with Gasteiger partial charge in [0, 0.05) is 16.2 Å². The summed E-state index contributed by atoms with van der Waals surface area (Å²) >= 11 is 0. The Morgan fingerprint density at radius 3 is 0.918 bits per heavy atom. The van der Waals surface area contributed by atoms with Crippen LogP contribution in [0.5, 0.6) is 0 Å². The fourth-order valence-electron chi connectivity index (χ4n) is 10.4. The fourth-order valence-corrected chi connectivity index (χ4v) is 10.4. The van der Waals surface area contributed by atoms with Crippen LogP contribution < -0.4 is 14.7 Å². The van der Waals surface area contributed by atoms with Crippen LogP contribution in [0.4, 0.5) is 68.7 Å². The lowest BCUT2D eigenvalue weighted by atomic mass is 9.72. The van der Waals surface area contributed by atoms with E-state index in [-0.39, 0.29) is 5.69 Å². The lowest BCUT2D eigenvalue weighted by Crippen LogP contribution is -2.35. The zero-order chi connectivity index (χ0) is 42.8. The van der Waals surface area contributed by atoms with E-state index >= 15 is 17.6 Å². The number of fused-ring (bicyclic) bond motifs is 6. The highest BCUT2D eigenvalue weighted by molar-refractivity contribution is 6.01. The normalized spacial score (nSPS) is 16.3. The zero-order valence-corrected chi connectivity index (χ0v) is 34.7. The summed E-state index contributed by atoms with van der Waals surface area (Å²) in [6.45, 7) is 12.3. The van der Waals surface area contributed by atoms with Crippen LogP contribution in [-0.2, 0) is 22.4 Å². The molecule has 0 saturated heterocycles. The first-order chi connectivity index (χ1) is 29.1. The van der Waals surface area contributed by atoms with Gasteiger partial charge in [-0.3, -0.25) is 0 Å². The predicted octanol–water partition coefficient (Wildman–Crippen LogP) is 15.0. The summed E-state index contributed by atoms with van der Waals surface area (Å²) in [4.78, 5) is 4.68. The van der Waals surface area contributed by atoms with E-state index in [0.717, 1.165) is 33.4 Å². The average molecular weight is 811 g/mol. The van der Waals surface area contributed by atoms with Gasteiger partial charge in [-0.15, -0.1) is 0 Å². The van der Waals surface area contributed by atoms with Crippen LogP contribution in [0.15, 0.2) is 146 Å². The lowest BCUT2D eigenvalue weighted by molar-refractivity contribution is -0.136. The second kappa shape index (κ2) is 13.1. The molecule has 3 aliphatic heterocycles. The molecule has 4 nitrogen and oxygen atoms in total. The van der Waals surface area contributed by atoms with E-state index < -0.39 is 50.7 Å². The topological polar surface area (TPSA) is 33.5 Å². The van der Waals surface area contributed by atoms with Gasteiger partial charge in [-0.25, -0.2) is 4.39 Å². The molecule has 3 heterocycles. The molecule has 0 aliphatic carbocycles. The summed E-state index contributed by atoms with van der Waals surface area (Å²) in [5.74, 6) is -1.17. The first-order valence-corrected chi connectivity index (χ1v) is 20.5. The molecule has 0 atom stereocenters. The van der Waals surface area contributed by atoms with Crippen LogP contribution in [0, 0.1) is 17.1 Å². The van der Waals surface area contributed by atoms with Crippen LogP contribution in [-0.4, -0.2) is 0 Å². The first-order valence-electron chi connectivity index (χ1n) is 20.5. The van der Waals surface area contributed by atoms with Gasteiger partial charge in [-0.05, 0) is 69.8 Å². The van der Waals surface area contributed by atoms with E-state index in [1.807, 2.05) is 125 Å². The molecule has 0 N–H and O–H groups in total. The molecule has 0 aromatic heterocycles. The highest BCUT2D eigenvalue weighted by Gasteiger charge is 2.51. The Morgan fingerprint density at radius 2 is 0.656 bits per heavy atom. The molecule has 0 saturated carbocycles. The molecule has 0 unspecified atom stereocenters. The maximum absolute atomic E-state index is 19.2. The summed E-state index contributed by atoms with van der Waals surface area (Å²) in [6, 6.07) is 46.6. The Morgan fingerprint density at radius 1 is 0.410 bits per heavy atom. The minimum absolute atomic E-state index is 0.268. The molecule has 0 fully saturated rings. The Bertz CT molecular complexity index is 2860. The third kappa shape index (κ3) is 5.22. The van der Waals surface area contributed by atoms with Crippen LogP contribution >= 0.6 is 0 Å². The van der Waals surface area contributed by atoms with Crippen molar-refractivity contribution in [2.24, 2.45) is 0 Å². The predicted molar refractivity (Wildman–Crippen MR) is 237 cm³/mol. The van der Waals surface area contributed by atoms with E-state index in [9.17, 15) is 5.26 Å². The molecule has 0 radical (unpaired) electrons. The Balaban J connectivity index is 1.45. The number of anilines is 9. The van der Waals surface area contributed by atoms with Crippen LogP contribution in [0.25, 0.3) is 0 Å². The van der Waals surface area contributed by atoms with Crippen molar-refractivity contribution in [2.75, 3.05) is 14.7 Å². The monoisotopic (exact) mass is 810 g/mol. The lowest BCUT2D eigenvalue weighted by Gasteiger charge is -2.46. The van der Waals surface area contributed by atoms with E-state index in [2.05, 4.69) is 19.9 Å². The Hall–Kier alpha value is -6.85. The highest BCUT2D eigenvalue weighted by atomic mass is 19.4. The molecule has 0 amide bonds. The summed E-state index contributed by atoms with van der Waals surface area (Å²) in [5.41, 5.74) is 2.64. The van der Waals surface area contributed by atoms with Gasteiger partial charge < -0.3 is 14.7 Å². The molecule has 61 heavy (non-hydrogen) atoms. The van der Waals surface area contributed by atoms with Gasteiger partial charge in [0.15, 0.2) is 5.82 Å². The van der Waals surface area contributed by atoms with Gasteiger partial charge in [0.05, 0.1) is 45.5 Å². The van der Waals surface area contributed by atoms with E-state index in [1.165, 1.54) is 4.90 Å². The largest absolute Gasteiger partial charge is 0.420 e. The van der Waals surface area contributed by atoms with Gasteiger partial charge in [-0.1, -0.05) is 151 Å². The van der Waals surface area contributed by atoms with Crippen molar-refractivity contribution in [1.29, 1.82) is 5.26 Å². The number of para-hydroxylation sites is 6. The summed E-state index contributed by atoms with van der Waals surface area (Å²) in [5, 5.41) is 11.6. The summed E-state index contributed by atoms with van der Waals surface area (Å²) in [7, 11) is 0. The second-order valence-corrected chi connectivity index (χ2v) is 17.7. The number of halogens is 4. The van der Waals surface area contributed by atoms with E-state index in [1.54, 1.807) is 58.3 Å². The van der Waals surface area contributed by atoms with Gasteiger partial charge in [0.1, 0.15) is 22.9 Å². The van der Waals surface area contributed by atoms with Crippen molar-refractivity contribution >= 4 is 51.2 Å². The second-order valence-electron chi connectivity index (χ2n) is 17.7. The number of hydrogen-bond donors (Lipinski definition) is 0. The number of benzene rings is 7. The summed E-state index contributed by atoms with van der Waals surface area (Å²) < 4.78 is 70.0. The van der Waals surface area contributed by atoms with E-state index in [4.69, 9.17) is 0 Å². The van der Waals surface area contributed by atoms with Crippen molar-refractivity contribution in [1.82, 2.24) is 0 Å². The molecule has 302 valence electrons. The van der Waals surface area contributed by atoms with Gasteiger partial charge in [-0.2, -0.15) is 18.4 Å². The molecule has 0 bridgehead atoms. The minimum Gasteiger partial charge on any atom is -0.308 e. The van der Waals surface area contributed by atoms with Crippen molar-refractivity contribution < 1.29 is 17.6 Å². The van der Waals surface area contributed by atoms with Crippen molar-refractivity contribution in [2.45, 2.75) is 64.0 Å². The molecule has 0 spiro atoms. The highest BCUT2D eigenvalue weighted by Crippen LogP contribution is 2.63. The molecular formula is C53H42F4N4. The van der Waals surface area contributed by atoms with Crippen LogP contribution in [0.1, 0.15) is 86.1 Å². The van der Waals surface area contributed by atoms with Crippen molar-refractivity contribution in [3.05, 3.63) is 196 Å². The Labute approximate surface area is 353 Å². The van der Waals surface area contributed by atoms with Gasteiger partial charge in [0.2, 0.25) is 0 Å². The van der Waals surface area contributed by atoms with Crippen LogP contribution in [0.2, 0.25) is 0 Å². The Kier molecular flexibility index (Phi) is 8.22. The molecular weight excluding hydrogens is 769 g/mol. The zero-order valence-electron chi connectivity index (χ0n) is 34.7. The number of nitrogens with zero attached hydrogens (tertiary/aromatic N) is 4. The number of rotatable bonds is 3. The van der Waals surface area contributed by atoms with Gasteiger partial charge in [0.25, 0.3) is 0 Å². The quantitative estimate of drug-likeness (QED) is 0.167. The molecule has 10 rings (SSSR count). The van der Waals surface area contributed by atoms with Crippen LogP contribution in [0.3, 0.4) is 0 Å². The smallest absolute Gasteiger partial charge is 0.308 e. The maximum Gasteiger partial charge on any atom is 0.420 e. The van der Waals surface area contributed by atoms with Crippen molar-refractivity contribution in [3.8, 4) is 6.07 Å². The maximum atomic E-state index is 19.2. The standard InChI is InChI=1S/C53H42F4N4/c1-50(2)33-19-7-13-25-39(33)59(40-26-14-8-20-34(40)50)47-32(31-58)48(60-41-27-15-9-21-35(41)51(3,4)36-22-10-16-28-42(36)60)46(54)49(45(47)53(55,56)57)61-43-29-17-11-23-37(43)52(5,6)38-24-12-18-30-44(38)61/h7-30H,1-6H3. The molecule has 8 heteroatoms. The average Bonchev–Trinajstić information content (AvgIpc) is 3.25. The number of hydrogen-bond acceptors (Lipinski definition) is 4. The number of alkyl halides is 3. The minimum atomic E-state index is -5.18. The van der Waals surface area contributed by atoms with E-state index in [0.29, 0.717) is 34.1 Å². The first kappa shape index (κ1) is 38.4.